The van der Waals surface area contributed by atoms with Crippen LogP contribution in [-0.4, -0.2) is 71.1 Å². The van der Waals surface area contributed by atoms with Crippen LogP contribution in [0.25, 0.3) is 0 Å². The Bertz CT molecular complexity index is 373. The summed E-state index contributed by atoms with van der Waals surface area (Å²) in [7, 11) is -0.816. The molecule has 0 spiro atoms. The van der Waals surface area contributed by atoms with Gasteiger partial charge in [-0.1, -0.05) is 0 Å². The van der Waals surface area contributed by atoms with Crippen LogP contribution < -0.4 is 0 Å². The molecule has 0 fully saturated rings. The van der Waals surface area contributed by atoms with E-state index in [0.717, 1.165) is 0 Å². The fourth-order valence-electron chi connectivity index (χ4n) is 1.97. The Morgan fingerprint density at radius 1 is 0.783 bits per heavy atom. The predicted octanol–water partition coefficient (Wildman–Crippen LogP) is 3.03. The van der Waals surface area contributed by atoms with Gasteiger partial charge in [0.25, 0.3) is 0 Å². The van der Waals surface area contributed by atoms with Gasteiger partial charge < -0.3 is 22.8 Å². The molecule has 0 aromatic heterocycles. The normalized spacial score (nSPS) is 14.7. The lowest BCUT2D eigenvalue weighted by molar-refractivity contribution is -0.0727. The highest BCUT2D eigenvalue weighted by Crippen LogP contribution is 2.47. The van der Waals surface area contributed by atoms with E-state index in [9.17, 15) is 9.13 Å². The van der Waals surface area contributed by atoms with E-state index in [1.807, 2.05) is 25.7 Å². The minimum absolute atomic E-state index is 0.0285. The first kappa shape index (κ1) is 23.2. The maximum atomic E-state index is 12.2. The maximum Gasteiger partial charge on any atom is 0.331 e. The second kappa shape index (κ2) is 11.0. The van der Waals surface area contributed by atoms with Gasteiger partial charge in [-0.3, -0.25) is 14.0 Å². The van der Waals surface area contributed by atoms with E-state index in [4.69, 9.17) is 22.8 Å². The molecule has 0 aliphatic heterocycles. The lowest BCUT2D eigenvalue weighted by Gasteiger charge is -2.31. The average Bonchev–Trinajstić information content (AvgIpc) is 2.53. The molecule has 0 saturated carbocycles. The van der Waals surface area contributed by atoms with Crippen molar-refractivity contribution in [1.29, 1.82) is 0 Å². The summed E-state index contributed by atoms with van der Waals surface area (Å²) in [6.07, 6.45) is 0.187. The molecule has 1 unspecified atom stereocenters. The molecule has 0 rings (SSSR count). The van der Waals surface area contributed by atoms with Crippen LogP contribution in [0.3, 0.4) is 0 Å². The SMILES string of the molecule is COP(=O)(CCN(CCP(=O)(OC)OC)C(C)OC(C)C)OC. The molecular formula is C13H31NO7P2. The number of hydrogen-bond acceptors (Lipinski definition) is 8. The van der Waals surface area contributed by atoms with Crippen molar-refractivity contribution >= 4 is 15.2 Å². The molecule has 10 heteroatoms. The summed E-state index contributed by atoms with van der Waals surface area (Å²) in [5.74, 6) is 0. The molecule has 0 bridgehead atoms. The second-order valence-electron chi connectivity index (χ2n) is 5.22. The lowest BCUT2D eigenvalue weighted by atomic mass is 10.4. The Labute approximate surface area is 139 Å². The molecule has 0 radical (unpaired) electrons. The predicted molar refractivity (Wildman–Crippen MR) is 90.2 cm³/mol. The van der Waals surface area contributed by atoms with E-state index in [-0.39, 0.29) is 24.7 Å². The number of nitrogens with zero attached hydrogens (tertiary/aromatic N) is 1. The van der Waals surface area contributed by atoms with Crippen molar-refractivity contribution in [1.82, 2.24) is 4.90 Å². The molecule has 0 N–H and O–H groups in total. The molecule has 140 valence electrons. The molecule has 1 atom stereocenters. The smallest absolute Gasteiger partial charge is 0.331 e. The summed E-state index contributed by atoms with van der Waals surface area (Å²) in [6, 6.07) is 0. The monoisotopic (exact) mass is 375 g/mol. The summed E-state index contributed by atoms with van der Waals surface area (Å²) in [4.78, 5) is 1.91. The first-order chi connectivity index (χ1) is 10.6. The van der Waals surface area contributed by atoms with Crippen LogP contribution in [0.2, 0.25) is 0 Å². The van der Waals surface area contributed by atoms with E-state index in [1.54, 1.807) is 0 Å². The minimum atomic E-state index is -3.12. The third-order valence-electron chi connectivity index (χ3n) is 3.42. The Hall–Kier alpha value is 0.220. The zero-order valence-corrected chi connectivity index (χ0v) is 17.0. The zero-order valence-electron chi connectivity index (χ0n) is 15.2. The van der Waals surface area contributed by atoms with E-state index >= 15 is 0 Å². The van der Waals surface area contributed by atoms with Crippen LogP contribution in [0.4, 0.5) is 0 Å². The second-order valence-corrected chi connectivity index (χ2v) is 10.0. The molecule has 0 amide bonds. The van der Waals surface area contributed by atoms with Crippen molar-refractivity contribution in [2.24, 2.45) is 0 Å². The molecule has 0 aliphatic rings. The van der Waals surface area contributed by atoms with E-state index in [1.165, 1.54) is 28.4 Å². The fraction of sp³-hybridized carbons (Fsp3) is 1.00. The van der Waals surface area contributed by atoms with E-state index < -0.39 is 15.2 Å². The number of ether oxygens (including phenoxy) is 1. The Balaban J connectivity index is 4.88. The van der Waals surface area contributed by atoms with Gasteiger partial charge in [0.05, 0.1) is 18.4 Å². The molecule has 8 nitrogen and oxygen atoms in total. The summed E-state index contributed by atoms with van der Waals surface area (Å²) in [6.45, 7) is 6.55. The summed E-state index contributed by atoms with van der Waals surface area (Å²) < 4.78 is 49.9. The molecule has 0 saturated heterocycles. The molecule has 0 aromatic rings. The number of rotatable bonds is 13. The fourth-order valence-corrected chi connectivity index (χ4v) is 4.00. The highest BCUT2D eigenvalue weighted by atomic mass is 31.2. The molecule has 0 aliphatic carbocycles. The largest absolute Gasteiger partial charge is 0.361 e. The highest BCUT2D eigenvalue weighted by molar-refractivity contribution is 7.54. The lowest BCUT2D eigenvalue weighted by Crippen LogP contribution is -2.40. The molecular weight excluding hydrogens is 344 g/mol. The van der Waals surface area contributed by atoms with E-state index in [0.29, 0.717) is 13.1 Å². The van der Waals surface area contributed by atoms with Crippen molar-refractivity contribution < 1.29 is 32.0 Å². The Morgan fingerprint density at radius 3 is 1.39 bits per heavy atom. The van der Waals surface area contributed by atoms with Gasteiger partial charge in [-0.25, -0.2) is 0 Å². The first-order valence-corrected chi connectivity index (χ1v) is 10.9. The van der Waals surface area contributed by atoms with Crippen LogP contribution in [-0.2, 0) is 32.0 Å². The van der Waals surface area contributed by atoms with Gasteiger partial charge >= 0.3 is 15.2 Å². The Morgan fingerprint density at radius 2 is 1.13 bits per heavy atom. The molecule has 23 heavy (non-hydrogen) atoms. The van der Waals surface area contributed by atoms with E-state index in [2.05, 4.69) is 0 Å². The van der Waals surface area contributed by atoms with Crippen molar-refractivity contribution in [2.75, 3.05) is 53.9 Å². The van der Waals surface area contributed by atoms with Crippen molar-refractivity contribution in [3.8, 4) is 0 Å². The number of hydrogen-bond donors (Lipinski definition) is 0. The average molecular weight is 375 g/mol. The molecule has 0 aromatic carbocycles. The zero-order chi connectivity index (χ0) is 18.1. The standard InChI is InChI=1S/C13H31NO7P2/c1-12(2)21-13(3)14(8-10-22(15,17-4)18-5)9-11-23(16,19-6)20-7/h12-13H,8-11H2,1-7H3. The Kier molecular flexibility index (Phi) is 11.1. The van der Waals surface area contributed by atoms with Crippen LogP contribution in [0.5, 0.6) is 0 Å². The van der Waals surface area contributed by atoms with Crippen LogP contribution >= 0.6 is 15.2 Å². The summed E-state index contributed by atoms with van der Waals surface area (Å²) >= 11 is 0. The molecule has 0 heterocycles. The van der Waals surface area contributed by atoms with Crippen LogP contribution in [0.1, 0.15) is 20.8 Å². The minimum Gasteiger partial charge on any atom is -0.361 e. The van der Waals surface area contributed by atoms with Gasteiger partial charge in [0, 0.05) is 41.5 Å². The van der Waals surface area contributed by atoms with Gasteiger partial charge in [-0.2, -0.15) is 0 Å². The van der Waals surface area contributed by atoms with Gasteiger partial charge in [0.2, 0.25) is 0 Å². The van der Waals surface area contributed by atoms with Crippen molar-refractivity contribution in [3.05, 3.63) is 0 Å². The maximum absolute atomic E-state index is 12.2. The van der Waals surface area contributed by atoms with Gasteiger partial charge in [0.1, 0.15) is 6.23 Å². The van der Waals surface area contributed by atoms with Crippen molar-refractivity contribution in [3.63, 3.8) is 0 Å². The van der Waals surface area contributed by atoms with Gasteiger partial charge in [0.15, 0.2) is 0 Å². The van der Waals surface area contributed by atoms with Gasteiger partial charge in [-0.05, 0) is 20.8 Å². The van der Waals surface area contributed by atoms with Crippen LogP contribution in [0.15, 0.2) is 0 Å². The summed E-state index contributed by atoms with van der Waals surface area (Å²) in [5, 5.41) is 0. The quantitative estimate of drug-likeness (QED) is 0.359. The van der Waals surface area contributed by atoms with Crippen LogP contribution in [0, 0.1) is 0 Å². The topological polar surface area (TPSA) is 83.5 Å². The third kappa shape index (κ3) is 8.75. The summed E-state index contributed by atoms with van der Waals surface area (Å²) in [5.41, 5.74) is 0. The first-order valence-electron chi connectivity index (χ1n) is 7.46. The third-order valence-corrected chi connectivity index (χ3v) is 7.14. The van der Waals surface area contributed by atoms with Gasteiger partial charge in [-0.15, -0.1) is 0 Å². The van der Waals surface area contributed by atoms with Crippen molar-refractivity contribution in [2.45, 2.75) is 33.1 Å². The highest BCUT2D eigenvalue weighted by Gasteiger charge is 2.28.